The molecule has 1 aromatic heterocycles. The van der Waals surface area contributed by atoms with Gasteiger partial charge in [-0.3, -0.25) is 9.59 Å². The molecule has 0 fully saturated rings. The fourth-order valence-electron chi connectivity index (χ4n) is 3.33. The Morgan fingerprint density at radius 1 is 1.09 bits per heavy atom. The van der Waals surface area contributed by atoms with Crippen LogP contribution in [0.4, 0.5) is 0 Å². The van der Waals surface area contributed by atoms with Crippen molar-refractivity contribution < 1.29 is 9.59 Å². The highest BCUT2D eigenvalue weighted by molar-refractivity contribution is 7.99. The van der Waals surface area contributed by atoms with Gasteiger partial charge in [0.1, 0.15) is 0 Å². The lowest BCUT2D eigenvalue weighted by Gasteiger charge is -2.15. The number of rotatable bonds is 10. The molecule has 2 N–H and O–H groups in total. The van der Waals surface area contributed by atoms with Gasteiger partial charge in [0.05, 0.1) is 11.8 Å². The van der Waals surface area contributed by atoms with Gasteiger partial charge in [-0.25, -0.2) is 0 Å². The minimum absolute atomic E-state index is 0.0427. The van der Waals surface area contributed by atoms with Gasteiger partial charge in [0.15, 0.2) is 11.0 Å². The van der Waals surface area contributed by atoms with Gasteiger partial charge in [-0.05, 0) is 44.9 Å². The minimum Gasteiger partial charge on any atom is -0.355 e. The zero-order valence-corrected chi connectivity index (χ0v) is 19.5. The Balaban J connectivity index is 1.53. The van der Waals surface area contributed by atoms with Crippen LogP contribution < -0.4 is 10.6 Å². The zero-order chi connectivity index (χ0) is 22.9. The Labute approximate surface area is 193 Å². The maximum absolute atomic E-state index is 12.6. The van der Waals surface area contributed by atoms with E-state index in [9.17, 15) is 9.59 Å². The van der Waals surface area contributed by atoms with Gasteiger partial charge >= 0.3 is 0 Å². The van der Waals surface area contributed by atoms with Crippen molar-refractivity contribution in [1.82, 2.24) is 25.4 Å². The summed E-state index contributed by atoms with van der Waals surface area (Å²) in [6.07, 6.45) is 0.796. The lowest BCUT2D eigenvalue weighted by molar-refractivity contribution is -0.118. The molecule has 0 bridgehead atoms. The van der Waals surface area contributed by atoms with Crippen LogP contribution in [0.1, 0.15) is 47.2 Å². The van der Waals surface area contributed by atoms with E-state index < -0.39 is 0 Å². The van der Waals surface area contributed by atoms with Gasteiger partial charge in [-0.15, -0.1) is 10.2 Å². The molecular formula is C24H29N5O2S. The topological polar surface area (TPSA) is 88.9 Å². The Morgan fingerprint density at radius 3 is 2.59 bits per heavy atom. The van der Waals surface area contributed by atoms with Gasteiger partial charge < -0.3 is 15.2 Å². The first-order valence-corrected chi connectivity index (χ1v) is 11.7. The van der Waals surface area contributed by atoms with Crippen LogP contribution in [0, 0.1) is 6.92 Å². The molecule has 0 radical (unpaired) electrons. The number of thioether (sulfide) groups is 1. The van der Waals surface area contributed by atoms with Gasteiger partial charge in [-0.1, -0.05) is 59.8 Å². The molecule has 0 saturated carbocycles. The Morgan fingerprint density at radius 2 is 1.88 bits per heavy atom. The molecule has 1 heterocycles. The standard InChI is InChI=1S/C24H29N5O2S/c1-4-29-22(18(3)26-23(31)20-12-8-9-17(2)15-20)27-28-24(29)32-16-21(30)25-14-13-19-10-6-5-7-11-19/h5-12,15,18H,4,13-14,16H2,1-3H3,(H,25,30)(H,26,31)/t18-/m1/s1. The van der Waals surface area contributed by atoms with Gasteiger partial charge in [0.2, 0.25) is 5.91 Å². The molecule has 0 aliphatic carbocycles. The Hall–Kier alpha value is -3.13. The number of carbonyl (C=O) groups is 2. The fourth-order valence-corrected chi connectivity index (χ4v) is 4.17. The summed E-state index contributed by atoms with van der Waals surface area (Å²) in [5.41, 5.74) is 2.83. The van der Waals surface area contributed by atoms with Crippen molar-refractivity contribution in [1.29, 1.82) is 0 Å². The van der Waals surface area contributed by atoms with Crippen molar-refractivity contribution in [2.45, 2.75) is 44.9 Å². The number of nitrogens with zero attached hydrogens (tertiary/aromatic N) is 3. The fraction of sp³-hybridized carbons (Fsp3) is 0.333. The zero-order valence-electron chi connectivity index (χ0n) is 18.7. The quantitative estimate of drug-likeness (QED) is 0.460. The third-order valence-corrected chi connectivity index (χ3v) is 5.95. The molecule has 2 amide bonds. The molecule has 168 valence electrons. The van der Waals surface area contributed by atoms with E-state index in [1.165, 1.54) is 17.3 Å². The van der Waals surface area contributed by atoms with E-state index in [2.05, 4.69) is 20.8 Å². The number of amides is 2. The molecule has 0 saturated heterocycles. The highest BCUT2D eigenvalue weighted by atomic mass is 32.2. The number of carbonyl (C=O) groups excluding carboxylic acids is 2. The van der Waals surface area contributed by atoms with Crippen LogP contribution in [0.15, 0.2) is 59.8 Å². The van der Waals surface area contributed by atoms with Crippen LogP contribution in [0.2, 0.25) is 0 Å². The molecule has 0 aliphatic rings. The SMILES string of the molecule is CCn1c(SCC(=O)NCCc2ccccc2)nnc1[C@@H](C)NC(=O)c1cccc(C)c1. The first kappa shape index (κ1) is 23.5. The summed E-state index contributed by atoms with van der Waals surface area (Å²) >= 11 is 1.35. The van der Waals surface area contributed by atoms with Crippen molar-refractivity contribution in [3.8, 4) is 0 Å². The lowest BCUT2D eigenvalue weighted by Crippen LogP contribution is -2.29. The van der Waals surface area contributed by atoms with E-state index in [-0.39, 0.29) is 23.6 Å². The summed E-state index contributed by atoms with van der Waals surface area (Å²) in [5.74, 6) is 0.731. The van der Waals surface area contributed by atoms with E-state index >= 15 is 0 Å². The molecule has 0 aliphatic heterocycles. The van der Waals surface area contributed by atoms with Gasteiger partial charge in [0.25, 0.3) is 5.91 Å². The van der Waals surface area contributed by atoms with Gasteiger partial charge in [0, 0.05) is 18.7 Å². The number of aromatic nitrogens is 3. The smallest absolute Gasteiger partial charge is 0.251 e. The second kappa shape index (κ2) is 11.5. The van der Waals surface area contributed by atoms with Gasteiger partial charge in [-0.2, -0.15) is 0 Å². The average molecular weight is 452 g/mol. The Bertz CT molecular complexity index is 1050. The first-order valence-electron chi connectivity index (χ1n) is 10.7. The second-order valence-electron chi connectivity index (χ2n) is 7.52. The summed E-state index contributed by atoms with van der Waals surface area (Å²) in [4.78, 5) is 24.8. The predicted octanol–water partition coefficient (Wildman–Crippen LogP) is 3.55. The molecule has 0 unspecified atom stereocenters. The number of nitrogens with one attached hydrogen (secondary N) is 2. The number of hydrogen-bond acceptors (Lipinski definition) is 5. The molecular weight excluding hydrogens is 422 g/mol. The van der Waals surface area contributed by atoms with Crippen molar-refractivity contribution in [3.63, 3.8) is 0 Å². The third-order valence-electron chi connectivity index (χ3n) is 4.99. The highest BCUT2D eigenvalue weighted by Crippen LogP contribution is 2.21. The molecule has 3 aromatic rings. The van der Waals surface area contributed by atoms with E-state index in [1.54, 1.807) is 6.07 Å². The number of benzene rings is 2. The maximum atomic E-state index is 12.6. The third kappa shape index (κ3) is 6.43. The van der Waals surface area contributed by atoms with Crippen molar-refractivity contribution >= 4 is 23.6 Å². The molecule has 1 atom stereocenters. The molecule has 32 heavy (non-hydrogen) atoms. The van der Waals surface area contributed by atoms with Crippen LogP contribution in [0.3, 0.4) is 0 Å². The van der Waals surface area contributed by atoms with Crippen molar-refractivity contribution in [2.24, 2.45) is 0 Å². The van der Waals surface area contributed by atoms with Crippen molar-refractivity contribution in [2.75, 3.05) is 12.3 Å². The summed E-state index contributed by atoms with van der Waals surface area (Å²) in [5, 5.41) is 15.1. The molecule has 3 rings (SSSR count). The molecule has 8 heteroatoms. The Kier molecular flexibility index (Phi) is 8.44. The summed E-state index contributed by atoms with van der Waals surface area (Å²) in [6, 6.07) is 17.2. The van der Waals surface area contributed by atoms with Crippen LogP contribution in [-0.4, -0.2) is 38.9 Å². The van der Waals surface area contributed by atoms with Crippen LogP contribution in [0.25, 0.3) is 0 Å². The largest absolute Gasteiger partial charge is 0.355 e. The van der Waals surface area contributed by atoms with Crippen LogP contribution in [0.5, 0.6) is 0 Å². The normalized spacial score (nSPS) is 11.7. The highest BCUT2D eigenvalue weighted by Gasteiger charge is 2.20. The predicted molar refractivity (Wildman–Crippen MR) is 127 cm³/mol. The molecule has 0 spiro atoms. The van der Waals surface area contributed by atoms with E-state index in [0.29, 0.717) is 29.6 Å². The minimum atomic E-state index is -0.315. The van der Waals surface area contributed by atoms with E-state index in [1.807, 2.05) is 73.9 Å². The monoisotopic (exact) mass is 451 g/mol. The van der Waals surface area contributed by atoms with Crippen molar-refractivity contribution in [3.05, 3.63) is 77.1 Å². The summed E-state index contributed by atoms with van der Waals surface area (Å²) < 4.78 is 1.93. The number of aryl methyl sites for hydroxylation is 1. The van der Waals surface area contributed by atoms with E-state index in [0.717, 1.165) is 12.0 Å². The number of hydrogen-bond donors (Lipinski definition) is 2. The van der Waals surface area contributed by atoms with Crippen LogP contribution in [-0.2, 0) is 17.8 Å². The summed E-state index contributed by atoms with van der Waals surface area (Å²) in [7, 11) is 0. The summed E-state index contributed by atoms with van der Waals surface area (Å²) in [6.45, 7) is 7.07. The lowest BCUT2D eigenvalue weighted by atomic mass is 10.1. The molecule has 2 aromatic carbocycles. The first-order chi connectivity index (χ1) is 15.5. The molecule has 7 nitrogen and oxygen atoms in total. The maximum Gasteiger partial charge on any atom is 0.251 e. The van der Waals surface area contributed by atoms with E-state index in [4.69, 9.17) is 0 Å². The second-order valence-corrected chi connectivity index (χ2v) is 8.47. The average Bonchev–Trinajstić information content (AvgIpc) is 3.21. The van der Waals surface area contributed by atoms with Crippen LogP contribution >= 0.6 is 11.8 Å².